The van der Waals surface area contributed by atoms with Crippen molar-refractivity contribution in [3.8, 4) is 0 Å². The maximum Gasteiger partial charge on any atom is 0.108 e. The van der Waals surface area contributed by atoms with Crippen molar-refractivity contribution in [1.82, 2.24) is 0 Å². The molecule has 0 spiro atoms. The van der Waals surface area contributed by atoms with E-state index in [1.165, 1.54) is 0 Å². The van der Waals surface area contributed by atoms with E-state index in [1.54, 1.807) is 0 Å². The van der Waals surface area contributed by atoms with Gasteiger partial charge in [-0.1, -0.05) is 12.5 Å². The van der Waals surface area contributed by atoms with Crippen molar-refractivity contribution in [3.05, 3.63) is 60.2 Å². The third-order valence-corrected chi connectivity index (χ3v) is 2.02. The Morgan fingerprint density at radius 1 is 1.06 bits per heavy atom. The second kappa shape index (κ2) is 9.24. The zero-order chi connectivity index (χ0) is 10.9. The molecule has 2 heteroatoms. The first-order valence-electron chi connectivity index (χ1n) is 5.26. The fourth-order valence-electron chi connectivity index (χ4n) is 1.25. The summed E-state index contributed by atoms with van der Waals surface area (Å²) in [6, 6.07) is 17.5. The number of hydrogen-bond donors (Lipinski definition) is 0. The summed E-state index contributed by atoms with van der Waals surface area (Å²) in [7, 11) is 0. The molecule has 2 rings (SSSR count). The van der Waals surface area contributed by atoms with Gasteiger partial charge >= 0.3 is 0 Å². The van der Waals surface area contributed by atoms with E-state index in [1.807, 2.05) is 61.5 Å². The van der Waals surface area contributed by atoms with Crippen molar-refractivity contribution in [2.75, 3.05) is 0 Å². The van der Waals surface area contributed by atoms with Gasteiger partial charge in [-0.15, -0.1) is 0 Å². The number of Topliss-reactive ketones (excluding diaryl/α,β-unsaturated/α-hetero) is 1. The van der Waals surface area contributed by atoms with Crippen LogP contribution in [0.4, 0.5) is 0 Å². The topological polar surface area (TPSA) is 17.1 Å². The van der Waals surface area contributed by atoms with Crippen LogP contribution in [0, 0.1) is 0 Å². The summed E-state index contributed by atoms with van der Waals surface area (Å²) in [6.45, 7) is 2.01. The molecule has 0 heterocycles. The van der Waals surface area contributed by atoms with Gasteiger partial charge in [0.15, 0.2) is 0 Å². The molecular weight excluding hydrogens is 285 g/mol. The molecule has 0 aliphatic carbocycles. The molecule has 0 saturated carbocycles. The first kappa shape index (κ1) is 15.0. The molecule has 16 heavy (non-hydrogen) atoms. The van der Waals surface area contributed by atoms with E-state index >= 15 is 0 Å². The second-order valence-electron chi connectivity index (χ2n) is 3.31. The summed E-state index contributed by atoms with van der Waals surface area (Å²) in [4.78, 5) is 11.1. The molecule has 0 amide bonds. The van der Waals surface area contributed by atoms with Crippen LogP contribution < -0.4 is 0 Å². The summed E-state index contributed by atoms with van der Waals surface area (Å²) in [5, 5.41) is 0. The molecule has 0 radical (unpaired) electrons. The summed E-state index contributed by atoms with van der Waals surface area (Å²) in [5.74, 6) is 0.257. The molecule has 0 aliphatic rings. The van der Waals surface area contributed by atoms with Gasteiger partial charge in [0.05, 0.1) is 0 Å². The quantitative estimate of drug-likeness (QED) is 0.479. The monoisotopic (exact) mass is 302 g/mol. The van der Waals surface area contributed by atoms with Gasteiger partial charge in [0.25, 0.3) is 0 Å². The average molecular weight is 301 g/mol. The molecule has 0 aliphatic heterocycles. The van der Waals surface area contributed by atoms with Crippen molar-refractivity contribution < 1.29 is 24.3 Å². The Hall–Kier alpha value is -1.01. The Morgan fingerprint density at radius 3 is 1.88 bits per heavy atom. The molecular formula is C14H16ORu-6. The van der Waals surface area contributed by atoms with Gasteiger partial charge in [-0.2, -0.15) is 12.1 Å². The third-order valence-electron chi connectivity index (χ3n) is 2.02. The average Bonchev–Trinajstić information content (AvgIpc) is 2.95. The number of rotatable bonds is 3. The predicted molar refractivity (Wildman–Crippen MR) is 63.3 cm³/mol. The van der Waals surface area contributed by atoms with Gasteiger partial charge in [0, 0.05) is 19.5 Å². The Balaban J connectivity index is 0.000000318. The van der Waals surface area contributed by atoms with Crippen LogP contribution in [-0.4, -0.2) is 5.78 Å². The predicted octanol–water partition coefficient (Wildman–Crippen LogP) is 3.79. The zero-order valence-corrected chi connectivity index (χ0v) is 11.1. The summed E-state index contributed by atoms with van der Waals surface area (Å²) in [5.41, 5.74) is 0.849. The minimum Gasteiger partial charge on any atom is -0.748 e. The fourth-order valence-corrected chi connectivity index (χ4v) is 1.25. The van der Waals surface area contributed by atoms with Gasteiger partial charge in [0.2, 0.25) is 0 Å². The molecule has 92 valence electrons. The maximum absolute atomic E-state index is 11.1. The van der Waals surface area contributed by atoms with E-state index in [2.05, 4.69) is 0 Å². The zero-order valence-electron chi connectivity index (χ0n) is 9.37. The molecule has 0 unspecified atom stereocenters. The van der Waals surface area contributed by atoms with E-state index < -0.39 is 0 Å². The van der Waals surface area contributed by atoms with E-state index in [0.29, 0.717) is 6.42 Å². The molecule has 2 aromatic carbocycles. The number of hydrogen-bond acceptors (Lipinski definition) is 1. The molecule has 0 atom stereocenters. The van der Waals surface area contributed by atoms with E-state index in [9.17, 15) is 4.79 Å². The Morgan fingerprint density at radius 2 is 1.50 bits per heavy atom. The van der Waals surface area contributed by atoms with E-state index in [4.69, 9.17) is 0 Å². The second-order valence-corrected chi connectivity index (χ2v) is 3.31. The van der Waals surface area contributed by atoms with Gasteiger partial charge in [-0.3, -0.25) is 0 Å². The van der Waals surface area contributed by atoms with Crippen molar-refractivity contribution in [1.29, 1.82) is 0 Å². The van der Waals surface area contributed by atoms with Crippen LogP contribution >= 0.6 is 0 Å². The standard InChI is InChI=1S/C9H11O.C5H5.Ru/c1-2-5-9(10)8-6-3-4-7-8;1-2-4-5-3-1;/h3-4,6-7H,2,5H2,1H3;1-5H;/q-1;-5;. The van der Waals surface area contributed by atoms with Crippen LogP contribution in [0.5, 0.6) is 0 Å². The summed E-state index contributed by atoms with van der Waals surface area (Å²) >= 11 is 0. The molecule has 0 bridgehead atoms. The van der Waals surface area contributed by atoms with E-state index in [-0.39, 0.29) is 25.3 Å². The Kier molecular flexibility index (Phi) is 8.65. The van der Waals surface area contributed by atoms with Crippen LogP contribution in [0.2, 0.25) is 0 Å². The normalized spacial score (nSPS) is 8.56. The van der Waals surface area contributed by atoms with Crippen LogP contribution in [0.25, 0.3) is 0 Å². The first-order valence-corrected chi connectivity index (χ1v) is 5.26. The van der Waals surface area contributed by atoms with Crippen molar-refractivity contribution >= 4 is 5.78 Å². The van der Waals surface area contributed by atoms with Crippen molar-refractivity contribution in [2.24, 2.45) is 0 Å². The summed E-state index contributed by atoms with van der Waals surface area (Å²) < 4.78 is 0. The first-order chi connectivity index (χ1) is 7.34. The minimum absolute atomic E-state index is 0. The molecule has 0 aromatic heterocycles. The van der Waals surface area contributed by atoms with Gasteiger partial charge in [-0.05, 0) is 12.8 Å². The maximum atomic E-state index is 11.1. The van der Waals surface area contributed by atoms with Gasteiger partial charge < -0.3 is 35.1 Å². The largest absolute Gasteiger partial charge is 0.748 e. The SMILES string of the molecule is CCCC(=O)[c-]1cccc1.[Ru].[cH-]1[cH-][cH-][cH-][cH-]1. The Bertz CT molecular complexity index is 329. The molecule has 0 N–H and O–H groups in total. The summed E-state index contributed by atoms with van der Waals surface area (Å²) in [6.07, 6.45) is 1.61. The molecule has 0 fully saturated rings. The van der Waals surface area contributed by atoms with Crippen LogP contribution in [0.3, 0.4) is 0 Å². The minimum atomic E-state index is 0. The third kappa shape index (κ3) is 5.77. The smallest absolute Gasteiger partial charge is 0.108 e. The number of ketones is 1. The van der Waals surface area contributed by atoms with Gasteiger partial charge in [-0.25, -0.2) is 12.1 Å². The van der Waals surface area contributed by atoms with Crippen LogP contribution in [0.1, 0.15) is 30.1 Å². The van der Waals surface area contributed by atoms with Crippen molar-refractivity contribution in [2.45, 2.75) is 19.8 Å². The number of carbonyl (C=O) groups excluding carboxylic acids is 1. The van der Waals surface area contributed by atoms with Crippen molar-refractivity contribution in [3.63, 3.8) is 0 Å². The van der Waals surface area contributed by atoms with Gasteiger partial charge in [0.1, 0.15) is 5.78 Å². The fraction of sp³-hybridized carbons (Fsp3) is 0.214. The molecule has 0 saturated heterocycles. The Labute approximate surface area is 110 Å². The number of carbonyl (C=O) groups is 1. The molecule has 1 nitrogen and oxygen atoms in total. The van der Waals surface area contributed by atoms with E-state index in [0.717, 1.165) is 12.0 Å². The van der Waals surface area contributed by atoms with Crippen LogP contribution in [-0.2, 0) is 19.5 Å². The van der Waals surface area contributed by atoms with Crippen LogP contribution in [0.15, 0.2) is 54.6 Å². The molecule has 2 aromatic rings.